The minimum Gasteiger partial charge on any atom is -0.464 e. The van der Waals surface area contributed by atoms with Crippen molar-refractivity contribution in [3.63, 3.8) is 0 Å². The van der Waals surface area contributed by atoms with Crippen molar-refractivity contribution in [1.29, 1.82) is 0 Å². The second kappa shape index (κ2) is 10.7. The van der Waals surface area contributed by atoms with Crippen molar-refractivity contribution in [2.24, 2.45) is 0 Å². The molecular weight excluding hydrogens is 398 g/mol. The minimum atomic E-state index is -0.876. The first-order chi connectivity index (χ1) is 15.0. The number of carbonyl (C=O) groups excluding carboxylic acids is 2. The van der Waals surface area contributed by atoms with E-state index < -0.39 is 6.04 Å². The van der Waals surface area contributed by atoms with Crippen LogP contribution in [0.1, 0.15) is 37.3 Å². The van der Waals surface area contributed by atoms with Crippen LogP contribution in [0.15, 0.2) is 40.8 Å². The van der Waals surface area contributed by atoms with Crippen LogP contribution in [0.3, 0.4) is 0 Å². The zero-order valence-electron chi connectivity index (χ0n) is 18.2. The first-order valence-electron chi connectivity index (χ1n) is 10.5. The highest BCUT2D eigenvalue weighted by Gasteiger charge is 2.33. The predicted octanol–water partition coefficient (Wildman–Crippen LogP) is 2.47. The Balaban J connectivity index is 1.89. The highest BCUT2D eigenvalue weighted by Crippen LogP contribution is 2.25. The van der Waals surface area contributed by atoms with Gasteiger partial charge in [-0.05, 0) is 37.6 Å². The molecule has 0 aliphatic rings. The molecule has 0 saturated carbocycles. The van der Waals surface area contributed by atoms with Gasteiger partial charge in [-0.2, -0.15) is 0 Å². The van der Waals surface area contributed by atoms with Crippen molar-refractivity contribution in [1.82, 2.24) is 25.2 Å². The Morgan fingerprint density at radius 1 is 1.26 bits per heavy atom. The first kappa shape index (κ1) is 22.5. The van der Waals surface area contributed by atoms with E-state index in [-0.39, 0.29) is 18.4 Å². The van der Waals surface area contributed by atoms with Crippen LogP contribution < -0.4 is 5.32 Å². The van der Waals surface area contributed by atoms with Crippen molar-refractivity contribution >= 4 is 22.8 Å². The lowest BCUT2D eigenvalue weighted by atomic mass is 10.1. The smallest absolute Gasteiger partial charge is 0.250 e. The number of fused-ring (bicyclic) bond motifs is 1. The minimum absolute atomic E-state index is 0.0221. The zero-order valence-corrected chi connectivity index (χ0v) is 18.2. The van der Waals surface area contributed by atoms with Gasteiger partial charge in [0.1, 0.15) is 23.6 Å². The summed E-state index contributed by atoms with van der Waals surface area (Å²) in [6, 6.07) is 10.1. The Bertz CT molecular complexity index is 1010. The number of aromatic nitrogens is 3. The van der Waals surface area contributed by atoms with Crippen LogP contribution >= 0.6 is 0 Å². The average molecular weight is 428 g/mol. The molecule has 1 atom stereocenters. The van der Waals surface area contributed by atoms with Crippen molar-refractivity contribution < 1.29 is 18.7 Å². The summed E-state index contributed by atoms with van der Waals surface area (Å²) in [7, 11) is 1.57. The van der Waals surface area contributed by atoms with E-state index in [1.54, 1.807) is 28.8 Å². The Kier molecular flexibility index (Phi) is 7.77. The SMILES string of the molecule is CCCCN(C(=O)Cn1nnc2ccccc21)C(C(=O)NCCOC)c1ccc(C)o1. The number of benzene rings is 1. The third kappa shape index (κ3) is 5.49. The molecule has 0 bridgehead atoms. The van der Waals surface area contributed by atoms with Gasteiger partial charge >= 0.3 is 0 Å². The van der Waals surface area contributed by atoms with Gasteiger partial charge in [0.25, 0.3) is 5.91 Å². The van der Waals surface area contributed by atoms with E-state index in [1.807, 2.05) is 38.1 Å². The Morgan fingerprint density at radius 2 is 2.06 bits per heavy atom. The number of para-hydroxylation sites is 1. The molecule has 1 aromatic carbocycles. The quantitative estimate of drug-likeness (QED) is 0.472. The summed E-state index contributed by atoms with van der Waals surface area (Å²) in [4.78, 5) is 28.1. The molecule has 0 saturated heterocycles. The lowest BCUT2D eigenvalue weighted by Crippen LogP contribution is -2.46. The van der Waals surface area contributed by atoms with Crippen LogP contribution in [0, 0.1) is 6.92 Å². The fraction of sp³-hybridized carbons (Fsp3) is 0.455. The molecule has 31 heavy (non-hydrogen) atoms. The van der Waals surface area contributed by atoms with Gasteiger partial charge in [-0.1, -0.05) is 30.7 Å². The normalized spacial score (nSPS) is 12.1. The number of nitrogens with zero attached hydrogens (tertiary/aromatic N) is 4. The number of hydrogen-bond acceptors (Lipinski definition) is 6. The van der Waals surface area contributed by atoms with Crippen LogP contribution in [-0.2, 0) is 20.9 Å². The fourth-order valence-electron chi connectivity index (χ4n) is 3.38. The molecule has 1 unspecified atom stereocenters. The number of ether oxygens (including phenoxy) is 1. The van der Waals surface area contributed by atoms with Gasteiger partial charge in [-0.25, -0.2) is 4.68 Å². The van der Waals surface area contributed by atoms with Crippen LogP contribution in [0.2, 0.25) is 0 Å². The second-order valence-corrected chi connectivity index (χ2v) is 7.31. The van der Waals surface area contributed by atoms with E-state index in [2.05, 4.69) is 15.6 Å². The van der Waals surface area contributed by atoms with Crippen LogP contribution in [0.5, 0.6) is 0 Å². The van der Waals surface area contributed by atoms with Crippen LogP contribution in [0.25, 0.3) is 11.0 Å². The van der Waals surface area contributed by atoms with E-state index in [9.17, 15) is 9.59 Å². The monoisotopic (exact) mass is 427 g/mol. The Labute approximate surface area is 181 Å². The van der Waals surface area contributed by atoms with E-state index in [0.717, 1.165) is 18.4 Å². The maximum Gasteiger partial charge on any atom is 0.250 e. The largest absolute Gasteiger partial charge is 0.464 e. The van der Waals surface area contributed by atoms with Crippen molar-refractivity contribution in [3.8, 4) is 0 Å². The van der Waals surface area contributed by atoms with E-state index >= 15 is 0 Å². The van der Waals surface area contributed by atoms with Gasteiger partial charge in [0, 0.05) is 20.2 Å². The maximum absolute atomic E-state index is 13.4. The number of methoxy groups -OCH3 is 1. The van der Waals surface area contributed by atoms with Gasteiger partial charge in [0.15, 0.2) is 6.04 Å². The molecule has 0 aliphatic heterocycles. The molecule has 1 N–H and O–H groups in total. The molecule has 2 aromatic heterocycles. The lowest BCUT2D eigenvalue weighted by molar-refractivity contribution is -0.142. The number of rotatable bonds is 11. The highest BCUT2D eigenvalue weighted by molar-refractivity contribution is 5.88. The molecule has 3 rings (SSSR count). The van der Waals surface area contributed by atoms with Gasteiger partial charge in [0.2, 0.25) is 5.91 Å². The molecule has 2 heterocycles. The summed E-state index contributed by atoms with van der Waals surface area (Å²) in [5, 5.41) is 11.1. The summed E-state index contributed by atoms with van der Waals surface area (Å²) >= 11 is 0. The molecule has 0 aliphatic carbocycles. The summed E-state index contributed by atoms with van der Waals surface area (Å²) < 4.78 is 12.4. The van der Waals surface area contributed by atoms with Gasteiger partial charge < -0.3 is 19.4 Å². The molecule has 0 fully saturated rings. The molecule has 9 heteroatoms. The fourth-order valence-corrected chi connectivity index (χ4v) is 3.38. The summed E-state index contributed by atoms with van der Waals surface area (Å²) in [6.45, 7) is 4.97. The predicted molar refractivity (Wildman–Crippen MR) is 115 cm³/mol. The van der Waals surface area contributed by atoms with E-state index in [0.29, 0.717) is 36.7 Å². The number of amides is 2. The van der Waals surface area contributed by atoms with Crippen LogP contribution in [0.4, 0.5) is 0 Å². The second-order valence-electron chi connectivity index (χ2n) is 7.31. The zero-order chi connectivity index (χ0) is 22.2. The lowest BCUT2D eigenvalue weighted by Gasteiger charge is -2.30. The van der Waals surface area contributed by atoms with Crippen LogP contribution in [-0.4, -0.2) is 58.5 Å². The molecule has 3 aromatic rings. The highest BCUT2D eigenvalue weighted by atomic mass is 16.5. The number of nitrogens with one attached hydrogen (secondary N) is 1. The van der Waals surface area contributed by atoms with E-state index in [4.69, 9.17) is 9.15 Å². The number of hydrogen-bond donors (Lipinski definition) is 1. The Hall–Kier alpha value is -3.20. The molecule has 2 amide bonds. The molecule has 9 nitrogen and oxygen atoms in total. The van der Waals surface area contributed by atoms with Gasteiger partial charge in [-0.3, -0.25) is 9.59 Å². The molecule has 0 spiro atoms. The van der Waals surface area contributed by atoms with Crippen molar-refractivity contribution in [2.75, 3.05) is 26.8 Å². The number of aryl methyl sites for hydroxylation is 1. The Morgan fingerprint density at radius 3 is 2.77 bits per heavy atom. The van der Waals surface area contributed by atoms with Crippen molar-refractivity contribution in [3.05, 3.63) is 47.9 Å². The first-order valence-corrected chi connectivity index (χ1v) is 10.5. The van der Waals surface area contributed by atoms with Crippen molar-refractivity contribution in [2.45, 2.75) is 39.3 Å². The standard InChI is InChI=1S/C22H29N5O4/c1-4-5-13-26(20(28)15-27-18-9-7-6-8-17(18)24-25-27)21(19-11-10-16(2)31-19)22(29)23-12-14-30-3/h6-11,21H,4-5,12-15H2,1-3H3,(H,23,29). The summed E-state index contributed by atoms with van der Waals surface area (Å²) in [5.74, 6) is 0.569. The molecular formula is C22H29N5O4. The number of carbonyl (C=O) groups is 2. The average Bonchev–Trinajstić information content (AvgIpc) is 3.37. The molecule has 166 valence electrons. The van der Waals surface area contributed by atoms with Gasteiger partial charge in [0.05, 0.1) is 12.1 Å². The van der Waals surface area contributed by atoms with E-state index in [1.165, 1.54) is 0 Å². The summed E-state index contributed by atoms with van der Waals surface area (Å²) in [6.07, 6.45) is 1.64. The summed E-state index contributed by atoms with van der Waals surface area (Å²) in [5.41, 5.74) is 1.48. The third-order valence-electron chi connectivity index (χ3n) is 4.97. The number of furan rings is 1. The molecule has 0 radical (unpaired) electrons. The van der Waals surface area contributed by atoms with Gasteiger partial charge in [-0.15, -0.1) is 5.10 Å². The topological polar surface area (TPSA) is 102 Å². The third-order valence-corrected chi connectivity index (χ3v) is 4.97. The number of unbranched alkanes of at least 4 members (excludes halogenated alkanes) is 1. The maximum atomic E-state index is 13.4.